The zero-order valence-electron chi connectivity index (χ0n) is 16.9. The van der Waals surface area contributed by atoms with Crippen LogP contribution >= 0.6 is 11.8 Å². The summed E-state index contributed by atoms with van der Waals surface area (Å²) in [7, 11) is 4.91. The van der Waals surface area contributed by atoms with E-state index in [0.29, 0.717) is 30.3 Å². The van der Waals surface area contributed by atoms with Gasteiger partial charge in [-0.2, -0.15) is 0 Å². The van der Waals surface area contributed by atoms with Crippen molar-refractivity contribution >= 4 is 23.2 Å². The van der Waals surface area contributed by atoms with Crippen LogP contribution < -0.4 is 14.2 Å². The molecule has 0 saturated carbocycles. The summed E-state index contributed by atoms with van der Waals surface area (Å²) in [6, 6.07) is 12.0. The lowest BCUT2D eigenvalue weighted by atomic mass is 9.96. The zero-order chi connectivity index (χ0) is 20.4. The molecule has 29 heavy (non-hydrogen) atoms. The molecule has 2 aromatic rings. The summed E-state index contributed by atoms with van der Waals surface area (Å²) in [5, 5.41) is -0.0209. The summed E-state index contributed by atoms with van der Waals surface area (Å²) < 4.78 is 16.5. The van der Waals surface area contributed by atoms with Crippen LogP contribution in [-0.4, -0.2) is 50.5 Å². The lowest BCUT2D eigenvalue weighted by Crippen LogP contribution is -2.40. The van der Waals surface area contributed by atoms with Gasteiger partial charge in [0, 0.05) is 30.1 Å². The minimum Gasteiger partial charge on any atom is -0.496 e. The fraction of sp³-hybridized carbons (Fsp3) is 0.348. The molecule has 0 aliphatic carbocycles. The second kappa shape index (κ2) is 8.41. The molecule has 2 heterocycles. The van der Waals surface area contributed by atoms with Gasteiger partial charge in [0.05, 0.1) is 32.1 Å². The van der Waals surface area contributed by atoms with E-state index in [-0.39, 0.29) is 11.2 Å². The van der Waals surface area contributed by atoms with Crippen LogP contribution in [-0.2, 0) is 11.2 Å². The standard InChI is InChI=1S/C23H25NO4S/c1-26-17-13-18(27-2)22(19(14-17)28-3)15-8-10-24(11-9-15)23(25)21-12-16-6-4-5-7-20(16)29-21/h4-8,13-14,21H,9-12H2,1-3H3. The molecular weight excluding hydrogens is 386 g/mol. The highest BCUT2D eigenvalue weighted by Gasteiger charge is 2.32. The Morgan fingerprint density at radius 1 is 1.07 bits per heavy atom. The van der Waals surface area contributed by atoms with E-state index in [2.05, 4.69) is 18.2 Å². The second-order valence-electron chi connectivity index (χ2n) is 7.09. The predicted molar refractivity (Wildman–Crippen MR) is 115 cm³/mol. The summed E-state index contributed by atoms with van der Waals surface area (Å²) in [6.45, 7) is 1.29. The minimum absolute atomic E-state index is 0.0209. The largest absolute Gasteiger partial charge is 0.496 e. The monoisotopic (exact) mass is 411 g/mol. The van der Waals surface area contributed by atoms with Gasteiger partial charge in [-0.05, 0) is 30.0 Å². The average Bonchev–Trinajstić information content (AvgIpc) is 3.22. The molecule has 6 heteroatoms. The highest BCUT2D eigenvalue weighted by Crippen LogP contribution is 2.42. The van der Waals surface area contributed by atoms with Gasteiger partial charge in [-0.1, -0.05) is 24.3 Å². The average molecular weight is 412 g/mol. The third kappa shape index (κ3) is 3.81. The van der Waals surface area contributed by atoms with Crippen molar-refractivity contribution in [2.24, 2.45) is 0 Å². The molecule has 1 amide bonds. The smallest absolute Gasteiger partial charge is 0.236 e. The van der Waals surface area contributed by atoms with Crippen molar-refractivity contribution in [3.63, 3.8) is 0 Å². The Morgan fingerprint density at radius 2 is 1.79 bits per heavy atom. The van der Waals surface area contributed by atoms with Gasteiger partial charge in [0.2, 0.25) is 5.91 Å². The summed E-state index contributed by atoms with van der Waals surface area (Å²) in [5.41, 5.74) is 3.34. The van der Waals surface area contributed by atoms with Crippen LogP contribution in [0.25, 0.3) is 5.57 Å². The first kappa shape index (κ1) is 19.7. The van der Waals surface area contributed by atoms with Gasteiger partial charge in [0.1, 0.15) is 17.2 Å². The summed E-state index contributed by atoms with van der Waals surface area (Å²) in [4.78, 5) is 16.2. The van der Waals surface area contributed by atoms with Gasteiger partial charge in [-0.3, -0.25) is 4.79 Å². The topological polar surface area (TPSA) is 48.0 Å². The van der Waals surface area contributed by atoms with E-state index in [0.717, 1.165) is 24.0 Å². The molecule has 1 unspecified atom stereocenters. The molecule has 2 aromatic carbocycles. The van der Waals surface area contributed by atoms with Crippen LogP contribution in [0.1, 0.15) is 17.5 Å². The molecule has 0 aromatic heterocycles. The van der Waals surface area contributed by atoms with Gasteiger partial charge in [-0.15, -0.1) is 11.8 Å². The number of carbonyl (C=O) groups is 1. The molecule has 152 valence electrons. The van der Waals surface area contributed by atoms with Crippen LogP contribution in [0, 0.1) is 0 Å². The molecule has 0 saturated heterocycles. The lowest BCUT2D eigenvalue weighted by Gasteiger charge is -2.29. The third-order valence-corrected chi connectivity index (χ3v) is 6.78. The minimum atomic E-state index is -0.0209. The Bertz CT molecular complexity index is 906. The molecule has 2 aliphatic heterocycles. The first-order chi connectivity index (χ1) is 14.1. The maximum Gasteiger partial charge on any atom is 0.236 e. The lowest BCUT2D eigenvalue weighted by molar-refractivity contribution is -0.130. The van der Waals surface area contributed by atoms with E-state index < -0.39 is 0 Å². The molecule has 2 aliphatic rings. The SMILES string of the molecule is COc1cc(OC)c(C2=CCN(C(=O)C3Cc4ccccc4S3)CC2)c(OC)c1. The number of rotatable bonds is 5. The summed E-state index contributed by atoms with van der Waals surface area (Å²) in [5.74, 6) is 2.34. The van der Waals surface area contributed by atoms with Crippen molar-refractivity contribution in [3.05, 3.63) is 53.6 Å². The van der Waals surface area contributed by atoms with Crippen LogP contribution in [0.5, 0.6) is 17.2 Å². The highest BCUT2D eigenvalue weighted by atomic mass is 32.2. The molecule has 0 bridgehead atoms. The molecule has 5 nitrogen and oxygen atoms in total. The Balaban J connectivity index is 1.51. The molecular formula is C23H25NO4S. The van der Waals surface area contributed by atoms with Crippen molar-refractivity contribution in [2.75, 3.05) is 34.4 Å². The number of thioether (sulfide) groups is 1. The maximum absolute atomic E-state index is 13.1. The summed E-state index contributed by atoms with van der Waals surface area (Å²) >= 11 is 1.69. The molecule has 0 N–H and O–H groups in total. The first-order valence-electron chi connectivity index (χ1n) is 9.67. The number of methoxy groups -OCH3 is 3. The number of benzene rings is 2. The van der Waals surface area contributed by atoms with Crippen LogP contribution in [0.4, 0.5) is 0 Å². The van der Waals surface area contributed by atoms with Gasteiger partial charge in [0.15, 0.2) is 0 Å². The van der Waals surface area contributed by atoms with E-state index in [1.807, 2.05) is 29.2 Å². The number of carbonyl (C=O) groups excluding carboxylic acids is 1. The van der Waals surface area contributed by atoms with E-state index in [4.69, 9.17) is 14.2 Å². The van der Waals surface area contributed by atoms with Crippen molar-refractivity contribution in [1.29, 1.82) is 0 Å². The van der Waals surface area contributed by atoms with Crippen LogP contribution in [0.15, 0.2) is 47.4 Å². The number of fused-ring (bicyclic) bond motifs is 1. The van der Waals surface area contributed by atoms with Gasteiger partial charge in [-0.25, -0.2) is 0 Å². The van der Waals surface area contributed by atoms with Crippen LogP contribution in [0.3, 0.4) is 0 Å². The van der Waals surface area contributed by atoms with Crippen LogP contribution in [0.2, 0.25) is 0 Å². The van der Waals surface area contributed by atoms with Gasteiger partial charge >= 0.3 is 0 Å². The zero-order valence-corrected chi connectivity index (χ0v) is 17.8. The number of hydrogen-bond donors (Lipinski definition) is 0. The molecule has 0 fully saturated rings. The number of amides is 1. The predicted octanol–water partition coefficient (Wildman–Crippen LogP) is 4.05. The quantitative estimate of drug-likeness (QED) is 0.743. The number of nitrogens with zero attached hydrogens (tertiary/aromatic N) is 1. The van der Waals surface area contributed by atoms with E-state index in [1.54, 1.807) is 33.1 Å². The molecule has 0 spiro atoms. The fourth-order valence-electron chi connectivity index (χ4n) is 3.94. The summed E-state index contributed by atoms with van der Waals surface area (Å²) in [6.07, 6.45) is 3.68. The Morgan fingerprint density at radius 3 is 2.38 bits per heavy atom. The van der Waals surface area contributed by atoms with Crippen molar-refractivity contribution in [3.8, 4) is 17.2 Å². The van der Waals surface area contributed by atoms with Crippen molar-refractivity contribution < 1.29 is 19.0 Å². The fourth-order valence-corrected chi connectivity index (χ4v) is 5.22. The molecule has 4 rings (SSSR count). The van der Waals surface area contributed by atoms with E-state index >= 15 is 0 Å². The maximum atomic E-state index is 13.1. The van der Waals surface area contributed by atoms with Crippen molar-refractivity contribution in [1.82, 2.24) is 4.90 Å². The molecule has 0 radical (unpaired) electrons. The second-order valence-corrected chi connectivity index (χ2v) is 8.33. The van der Waals surface area contributed by atoms with E-state index in [1.165, 1.54) is 10.5 Å². The number of ether oxygens (including phenoxy) is 3. The molecule has 1 atom stereocenters. The highest BCUT2D eigenvalue weighted by molar-refractivity contribution is 8.01. The third-order valence-electron chi connectivity index (χ3n) is 5.48. The van der Waals surface area contributed by atoms with Crippen molar-refractivity contribution in [2.45, 2.75) is 23.0 Å². The number of hydrogen-bond acceptors (Lipinski definition) is 5. The van der Waals surface area contributed by atoms with E-state index in [9.17, 15) is 4.79 Å². The van der Waals surface area contributed by atoms with Gasteiger partial charge in [0.25, 0.3) is 0 Å². The Labute approximate surface area is 175 Å². The van der Waals surface area contributed by atoms with Gasteiger partial charge < -0.3 is 19.1 Å². The normalized spacial score (nSPS) is 18.1. The Hall–Kier alpha value is -2.60. The Kier molecular flexibility index (Phi) is 5.72. The first-order valence-corrected chi connectivity index (χ1v) is 10.5.